The monoisotopic (exact) mass is 223 g/mol. The molecule has 1 aromatic heterocycles. The van der Waals surface area contributed by atoms with Gasteiger partial charge in [0.05, 0.1) is 16.8 Å². The molecule has 88 valence electrons. The molecule has 0 unspecified atom stereocenters. The van der Waals surface area contributed by atoms with Crippen molar-refractivity contribution in [1.82, 2.24) is 14.9 Å². The Morgan fingerprint density at radius 2 is 2.00 bits per heavy atom. The van der Waals surface area contributed by atoms with Crippen molar-refractivity contribution in [1.29, 1.82) is 0 Å². The molecule has 0 aliphatic rings. The summed E-state index contributed by atoms with van der Waals surface area (Å²) in [7, 11) is 3.87. The van der Waals surface area contributed by atoms with Crippen LogP contribution in [-0.2, 0) is 5.54 Å². The lowest BCUT2D eigenvalue weighted by Gasteiger charge is -2.30. The maximum Gasteiger partial charge on any atom is 0.339 e. The number of nitrogens with zero attached hydrogens (tertiary/aromatic N) is 3. The quantitative estimate of drug-likeness (QED) is 0.836. The molecule has 0 aromatic carbocycles. The lowest BCUT2D eigenvalue weighted by Crippen LogP contribution is -2.37. The Balaban J connectivity index is 3.21. The van der Waals surface area contributed by atoms with Crippen LogP contribution in [0.3, 0.4) is 0 Å². The molecule has 0 atom stereocenters. The van der Waals surface area contributed by atoms with Crippen LogP contribution in [0, 0.1) is 6.92 Å². The van der Waals surface area contributed by atoms with Crippen molar-refractivity contribution in [3.05, 3.63) is 23.3 Å². The molecule has 0 saturated carbocycles. The van der Waals surface area contributed by atoms with Gasteiger partial charge in [0.1, 0.15) is 5.82 Å². The highest BCUT2D eigenvalue weighted by Gasteiger charge is 2.27. The van der Waals surface area contributed by atoms with Crippen LogP contribution in [-0.4, -0.2) is 40.0 Å². The Hall–Kier alpha value is -1.49. The second-order valence-electron chi connectivity index (χ2n) is 4.45. The topological polar surface area (TPSA) is 66.3 Å². The van der Waals surface area contributed by atoms with Crippen LogP contribution in [0.15, 0.2) is 6.20 Å². The fourth-order valence-corrected chi connectivity index (χ4v) is 1.17. The molecule has 1 N–H and O–H groups in total. The summed E-state index contributed by atoms with van der Waals surface area (Å²) < 4.78 is 0. The van der Waals surface area contributed by atoms with E-state index in [1.165, 1.54) is 6.20 Å². The summed E-state index contributed by atoms with van der Waals surface area (Å²) in [5, 5.41) is 8.88. The summed E-state index contributed by atoms with van der Waals surface area (Å²) in [6, 6.07) is 0. The number of carbonyl (C=O) groups is 1. The maximum atomic E-state index is 10.8. The van der Waals surface area contributed by atoms with Crippen LogP contribution < -0.4 is 0 Å². The zero-order valence-electron chi connectivity index (χ0n) is 10.3. The van der Waals surface area contributed by atoms with Crippen molar-refractivity contribution in [2.24, 2.45) is 0 Å². The first-order valence-corrected chi connectivity index (χ1v) is 5.01. The number of hydrogen-bond donors (Lipinski definition) is 1. The van der Waals surface area contributed by atoms with Crippen molar-refractivity contribution in [2.75, 3.05) is 14.1 Å². The minimum atomic E-state index is -0.994. The number of carboxylic acid groups (broad SMARTS) is 1. The summed E-state index contributed by atoms with van der Waals surface area (Å²) in [4.78, 5) is 21.2. The molecule has 0 fully saturated rings. The zero-order chi connectivity index (χ0) is 12.5. The SMILES string of the molecule is Cc1nc(C(C)(C)N(C)C)ncc1C(=O)O. The van der Waals surface area contributed by atoms with Crippen molar-refractivity contribution < 1.29 is 9.90 Å². The van der Waals surface area contributed by atoms with Gasteiger partial charge in [0.25, 0.3) is 0 Å². The van der Waals surface area contributed by atoms with Crippen LogP contribution in [0.2, 0.25) is 0 Å². The molecule has 5 heteroatoms. The van der Waals surface area contributed by atoms with Crippen molar-refractivity contribution in [3.63, 3.8) is 0 Å². The number of carboxylic acids is 1. The summed E-state index contributed by atoms with van der Waals surface area (Å²) in [6.45, 7) is 5.66. The summed E-state index contributed by atoms with van der Waals surface area (Å²) >= 11 is 0. The largest absolute Gasteiger partial charge is 0.478 e. The lowest BCUT2D eigenvalue weighted by molar-refractivity contribution is 0.0694. The molecule has 0 aliphatic heterocycles. The molecule has 0 aliphatic carbocycles. The minimum absolute atomic E-state index is 0.151. The third-order valence-corrected chi connectivity index (χ3v) is 2.87. The molecule has 0 radical (unpaired) electrons. The number of aromatic nitrogens is 2. The van der Waals surface area contributed by atoms with E-state index in [0.717, 1.165) is 0 Å². The van der Waals surface area contributed by atoms with E-state index in [-0.39, 0.29) is 11.1 Å². The van der Waals surface area contributed by atoms with Crippen LogP contribution in [0.1, 0.15) is 35.7 Å². The molecular formula is C11H17N3O2. The minimum Gasteiger partial charge on any atom is -0.478 e. The summed E-state index contributed by atoms with van der Waals surface area (Å²) in [5.41, 5.74) is 0.327. The van der Waals surface area contributed by atoms with Gasteiger partial charge in [-0.25, -0.2) is 14.8 Å². The second-order valence-corrected chi connectivity index (χ2v) is 4.45. The van der Waals surface area contributed by atoms with Gasteiger partial charge in [-0.05, 0) is 34.9 Å². The van der Waals surface area contributed by atoms with Gasteiger partial charge in [0.2, 0.25) is 0 Å². The first-order chi connectivity index (χ1) is 7.26. The smallest absolute Gasteiger partial charge is 0.339 e. The highest BCUT2D eigenvalue weighted by atomic mass is 16.4. The van der Waals surface area contributed by atoms with E-state index < -0.39 is 5.97 Å². The van der Waals surface area contributed by atoms with E-state index in [1.54, 1.807) is 6.92 Å². The molecule has 0 bridgehead atoms. The fraction of sp³-hybridized carbons (Fsp3) is 0.545. The van der Waals surface area contributed by atoms with E-state index in [2.05, 4.69) is 9.97 Å². The molecule has 0 saturated heterocycles. The molecule has 16 heavy (non-hydrogen) atoms. The highest BCUT2D eigenvalue weighted by Crippen LogP contribution is 2.22. The zero-order valence-corrected chi connectivity index (χ0v) is 10.3. The van der Waals surface area contributed by atoms with Crippen molar-refractivity contribution in [3.8, 4) is 0 Å². The summed E-state index contributed by atoms with van der Waals surface area (Å²) in [6.07, 6.45) is 1.37. The van der Waals surface area contributed by atoms with Gasteiger partial charge in [-0.15, -0.1) is 0 Å². The Labute approximate surface area is 95.1 Å². The van der Waals surface area contributed by atoms with E-state index >= 15 is 0 Å². The molecule has 1 heterocycles. The standard InChI is InChI=1S/C11H17N3O2/c1-7-8(9(15)16)6-12-10(13-7)11(2,3)14(4)5/h6H,1-5H3,(H,15,16). The summed E-state index contributed by atoms with van der Waals surface area (Å²) in [5.74, 6) is -0.369. The lowest BCUT2D eigenvalue weighted by atomic mass is 10.0. The van der Waals surface area contributed by atoms with Gasteiger partial charge in [-0.1, -0.05) is 0 Å². The van der Waals surface area contributed by atoms with Gasteiger partial charge in [-0.3, -0.25) is 4.90 Å². The number of aryl methyl sites for hydroxylation is 1. The number of hydrogen-bond acceptors (Lipinski definition) is 4. The Morgan fingerprint density at radius 3 is 2.38 bits per heavy atom. The van der Waals surface area contributed by atoms with Crippen molar-refractivity contribution in [2.45, 2.75) is 26.3 Å². The van der Waals surface area contributed by atoms with Crippen LogP contribution in [0.5, 0.6) is 0 Å². The Bertz CT molecular complexity index is 414. The van der Waals surface area contributed by atoms with Crippen LogP contribution in [0.4, 0.5) is 0 Å². The second kappa shape index (κ2) is 4.17. The third-order valence-electron chi connectivity index (χ3n) is 2.87. The normalized spacial score (nSPS) is 11.9. The molecule has 0 amide bonds. The molecule has 0 spiro atoms. The average molecular weight is 223 g/mol. The van der Waals surface area contributed by atoms with Gasteiger partial charge in [0.15, 0.2) is 0 Å². The van der Waals surface area contributed by atoms with E-state index in [9.17, 15) is 4.79 Å². The van der Waals surface area contributed by atoms with Crippen molar-refractivity contribution >= 4 is 5.97 Å². The van der Waals surface area contributed by atoms with E-state index in [4.69, 9.17) is 5.11 Å². The average Bonchev–Trinajstić information content (AvgIpc) is 2.16. The third kappa shape index (κ3) is 2.19. The van der Waals surface area contributed by atoms with E-state index in [1.807, 2.05) is 32.8 Å². The predicted octanol–water partition coefficient (Wildman–Crippen LogP) is 1.28. The van der Waals surface area contributed by atoms with E-state index in [0.29, 0.717) is 11.5 Å². The molecular weight excluding hydrogens is 206 g/mol. The van der Waals surface area contributed by atoms with Crippen LogP contribution >= 0.6 is 0 Å². The van der Waals surface area contributed by atoms with Gasteiger partial charge >= 0.3 is 5.97 Å². The Kier molecular flexibility index (Phi) is 3.28. The first kappa shape index (κ1) is 12.6. The molecule has 1 aromatic rings. The Morgan fingerprint density at radius 1 is 1.44 bits per heavy atom. The molecule has 5 nitrogen and oxygen atoms in total. The maximum absolute atomic E-state index is 10.8. The molecule has 1 rings (SSSR count). The number of rotatable bonds is 3. The van der Waals surface area contributed by atoms with Gasteiger partial charge < -0.3 is 5.11 Å². The van der Waals surface area contributed by atoms with Gasteiger partial charge in [-0.2, -0.15) is 0 Å². The number of aromatic carboxylic acids is 1. The predicted molar refractivity (Wildman–Crippen MR) is 60.4 cm³/mol. The first-order valence-electron chi connectivity index (χ1n) is 5.01. The van der Waals surface area contributed by atoms with Gasteiger partial charge in [0, 0.05) is 6.20 Å². The fourth-order valence-electron chi connectivity index (χ4n) is 1.17. The highest BCUT2D eigenvalue weighted by molar-refractivity contribution is 5.88. The van der Waals surface area contributed by atoms with Crippen LogP contribution in [0.25, 0.3) is 0 Å².